The second-order valence-corrected chi connectivity index (χ2v) is 16.5. The molecule has 7 aromatic carbocycles. The van der Waals surface area contributed by atoms with Gasteiger partial charge in [0.2, 0.25) is 0 Å². The van der Waals surface area contributed by atoms with Crippen LogP contribution in [0.3, 0.4) is 0 Å². The fourth-order valence-corrected chi connectivity index (χ4v) is 7.38. The largest absolute Gasteiger partial charge is 0.184 e. The first-order valence-electron chi connectivity index (χ1n) is 15.5. The van der Waals surface area contributed by atoms with E-state index in [0.29, 0.717) is 22.1 Å². The molecular formula is C41H24Cl2F6SiZr. The Morgan fingerprint density at radius 2 is 1.14 bits per heavy atom. The summed E-state index contributed by atoms with van der Waals surface area (Å²) in [5.41, 5.74) is 3.25. The number of fused-ring (bicyclic) bond motifs is 4. The summed E-state index contributed by atoms with van der Waals surface area (Å²) in [6.07, 6.45) is -9.87. The quantitative estimate of drug-likeness (QED) is 0.0946. The molecule has 0 nitrogen and oxygen atoms in total. The maximum Gasteiger partial charge on any atom is 0.0920 e. The van der Waals surface area contributed by atoms with Crippen LogP contribution < -0.4 is 10.4 Å². The molecule has 51 heavy (non-hydrogen) atoms. The van der Waals surface area contributed by atoms with Crippen LogP contribution in [-0.2, 0) is 33.2 Å². The summed E-state index contributed by atoms with van der Waals surface area (Å²) >= 11 is -0.826. The fourth-order valence-electron chi connectivity index (χ4n) is 6.07. The number of halogens is 8. The topological polar surface area (TPSA) is 0 Å². The second kappa shape index (κ2) is 15.8. The zero-order valence-electron chi connectivity index (χ0n) is 26.4. The van der Waals surface area contributed by atoms with Gasteiger partial charge in [0.1, 0.15) is 0 Å². The van der Waals surface area contributed by atoms with Gasteiger partial charge in [-0.1, -0.05) is 107 Å². The molecule has 0 amide bonds. The standard InChI is InChI=1S/C29H17F6.C12H7Si.2ClH.Zr/c30-28(31,32)23-14-22(15-24(17-23)29(33,34)35)27-25(19-9-5-2-6-10-19)12-11-20-13-21(16-26(20)27)18-7-3-1-4-8-18;1-3-7-11-9(5-1)10-6-2-4-8-12(10)13-11;;;/h1-17H;1-7H;2*1H;/q2*-1;;;+4/p-2. The van der Waals surface area contributed by atoms with E-state index in [0.717, 1.165) is 38.2 Å². The summed E-state index contributed by atoms with van der Waals surface area (Å²) in [7, 11) is 10.7. The van der Waals surface area contributed by atoms with Crippen molar-refractivity contribution < 1.29 is 47.2 Å². The summed E-state index contributed by atoms with van der Waals surface area (Å²) in [4.78, 5) is 0. The number of rotatable bonds is 3. The monoisotopic (exact) mass is 818 g/mol. The molecule has 8 rings (SSSR count). The van der Waals surface area contributed by atoms with E-state index in [1.54, 1.807) is 36.4 Å². The maximum atomic E-state index is 13.6. The molecule has 252 valence electrons. The summed E-state index contributed by atoms with van der Waals surface area (Å²) in [5, 5.41) is 4.13. The molecule has 0 bridgehead atoms. The van der Waals surface area contributed by atoms with Crippen LogP contribution in [0.1, 0.15) is 11.1 Å². The van der Waals surface area contributed by atoms with Gasteiger partial charge < -0.3 is 0 Å². The minimum Gasteiger partial charge on any atom is -0.184 e. The normalized spacial score (nSPS) is 11.8. The molecule has 2 radical (unpaired) electrons. The van der Waals surface area contributed by atoms with Crippen molar-refractivity contribution in [3.8, 4) is 44.5 Å². The van der Waals surface area contributed by atoms with Crippen LogP contribution in [0.2, 0.25) is 0 Å². The number of hydrogen-bond donors (Lipinski definition) is 0. The predicted molar refractivity (Wildman–Crippen MR) is 193 cm³/mol. The van der Waals surface area contributed by atoms with Crippen molar-refractivity contribution in [2.45, 2.75) is 12.4 Å². The van der Waals surface area contributed by atoms with Gasteiger partial charge in [-0.25, -0.2) is 0 Å². The van der Waals surface area contributed by atoms with E-state index >= 15 is 0 Å². The molecule has 0 spiro atoms. The Kier molecular flexibility index (Phi) is 11.5. The third-order valence-electron chi connectivity index (χ3n) is 8.29. The Balaban J connectivity index is 0.000000230. The first-order valence-corrected chi connectivity index (χ1v) is 22.8. The molecule has 0 aliphatic carbocycles. The minimum atomic E-state index is -4.93. The fraction of sp³-hybridized carbons (Fsp3) is 0.0488. The first-order chi connectivity index (χ1) is 24.5. The second-order valence-electron chi connectivity index (χ2n) is 11.5. The van der Waals surface area contributed by atoms with Crippen LogP contribution >= 0.6 is 17.0 Å². The molecule has 0 N–H and O–H groups in total. The SMILES string of the molecule is FC(F)(F)c1cc(-c2c(-c3ccccc3)ccc3[cH-]c(-c4ccccc4)cc23)cc(C(F)(F)F)c1.[Cl][Zr+2][Cl].[c-]1cccc2c1[Si]c1ccccc1-2. The van der Waals surface area contributed by atoms with Gasteiger partial charge in [0.15, 0.2) is 0 Å². The van der Waals surface area contributed by atoms with Crippen molar-refractivity contribution in [2.24, 2.45) is 0 Å². The molecule has 1 aliphatic heterocycles. The van der Waals surface area contributed by atoms with Gasteiger partial charge in [-0.3, -0.25) is 0 Å². The third-order valence-corrected chi connectivity index (χ3v) is 9.66. The molecule has 0 atom stereocenters. The predicted octanol–water partition coefficient (Wildman–Crippen LogP) is 12.1. The smallest absolute Gasteiger partial charge is 0.0920 e. The van der Waals surface area contributed by atoms with Gasteiger partial charge in [0.25, 0.3) is 0 Å². The summed E-state index contributed by atoms with van der Waals surface area (Å²) < 4.78 is 81.9. The van der Waals surface area contributed by atoms with Gasteiger partial charge in [-0.2, -0.15) is 55.8 Å². The molecule has 1 heterocycles. The van der Waals surface area contributed by atoms with Crippen LogP contribution in [0.5, 0.6) is 0 Å². The van der Waals surface area contributed by atoms with Gasteiger partial charge in [0, 0.05) is 0 Å². The van der Waals surface area contributed by atoms with Crippen LogP contribution in [-0.4, -0.2) is 9.52 Å². The molecule has 7 aromatic rings. The van der Waals surface area contributed by atoms with Gasteiger partial charge in [-0.15, -0.1) is 40.1 Å². The van der Waals surface area contributed by atoms with Gasteiger partial charge in [0.05, 0.1) is 20.6 Å². The first kappa shape index (κ1) is 37.0. The Labute approximate surface area is 312 Å². The van der Waals surface area contributed by atoms with Crippen LogP contribution in [0.15, 0.2) is 146 Å². The van der Waals surface area contributed by atoms with E-state index in [1.807, 2.05) is 54.6 Å². The number of alkyl halides is 6. The third kappa shape index (κ3) is 8.47. The van der Waals surface area contributed by atoms with E-state index in [9.17, 15) is 26.3 Å². The van der Waals surface area contributed by atoms with E-state index < -0.39 is 44.3 Å². The number of hydrogen-bond acceptors (Lipinski definition) is 0. The van der Waals surface area contributed by atoms with E-state index in [1.165, 1.54) is 21.5 Å². The van der Waals surface area contributed by atoms with Crippen molar-refractivity contribution in [1.29, 1.82) is 0 Å². The van der Waals surface area contributed by atoms with Gasteiger partial charge in [-0.05, 0) is 40.5 Å². The average Bonchev–Trinajstić information content (AvgIpc) is 3.74. The van der Waals surface area contributed by atoms with E-state index in [4.69, 9.17) is 17.0 Å². The van der Waals surface area contributed by atoms with Crippen molar-refractivity contribution in [3.63, 3.8) is 0 Å². The van der Waals surface area contributed by atoms with E-state index in [-0.39, 0.29) is 11.6 Å². The van der Waals surface area contributed by atoms with Crippen molar-refractivity contribution in [3.05, 3.63) is 163 Å². The Morgan fingerprint density at radius 1 is 0.569 bits per heavy atom. The van der Waals surface area contributed by atoms with Crippen LogP contribution in [0, 0.1) is 6.07 Å². The minimum absolute atomic E-state index is 0.137. The molecule has 1 aliphatic rings. The summed E-state index contributed by atoms with van der Waals surface area (Å²) in [5.74, 6) is 0. The zero-order valence-corrected chi connectivity index (χ0v) is 31.4. The van der Waals surface area contributed by atoms with Crippen LogP contribution in [0.25, 0.3) is 55.3 Å². The molecule has 0 saturated carbocycles. The van der Waals surface area contributed by atoms with Crippen molar-refractivity contribution in [1.82, 2.24) is 0 Å². The van der Waals surface area contributed by atoms with Crippen molar-refractivity contribution >= 4 is 47.7 Å². The number of benzene rings is 6. The average molecular weight is 821 g/mol. The Morgan fingerprint density at radius 3 is 1.76 bits per heavy atom. The molecular weight excluding hydrogens is 797 g/mol. The zero-order chi connectivity index (χ0) is 36.2. The summed E-state index contributed by atoms with van der Waals surface area (Å²) in [6, 6.07) is 45.5. The Hall–Kier alpha value is -3.81. The maximum absolute atomic E-state index is 13.6. The molecule has 10 heteroatoms. The molecule has 0 aromatic heterocycles. The van der Waals surface area contributed by atoms with Gasteiger partial charge >= 0.3 is 50.2 Å². The molecule has 0 fully saturated rings. The molecule has 0 saturated heterocycles. The van der Waals surface area contributed by atoms with Crippen LogP contribution in [0.4, 0.5) is 26.3 Å². The van der Waals surface area contributed by atoms with E-state index in [2.05, 4.69) is 42.5 Å². The summed E-state index contributed by atoms with van der Waals surface area (Å²) in [6.45, 7) is 0. The van der Waals surface area contributed by atoms with Crippen molar-refractivity contribution in [2.75, 3.05) is 0 Å². The molecule has 0 unspecified atom stereocenters. The Bertz CT molecular complexity index is 2190.